The Bertz CT molecular complexity index is 821. The van der Waals surface area contributed by atoms with Gasteiger partial charge in [0.05, 0.1) is 5.92 Å². The molecule has 1 aliphatic heterocycles. The van der Waals surface area contributed by atoms with Crippen LogP contribution in [0.1, 0.15) is 28.8 Å². The lowest BCUT2D eigenvalue weighted by Crippen LogP contribution is -2.40. The van der Waals surface area contributed by atoms with E-state index >= 15 is 0 Å². The summed E-state index contributed by atoms with van der Waals surface area (Å²) in [6.07, 6.45) is 1.62. The number of halogens is 2. The first kappa shape index (κ1) is 19.3. The van der Waals surface area contributed by atoms with E-state index in [1.807, 2.05) is 4.90 Å². The zero-order valence-electron chi connectivity index (χ0n) is 14.8. The summed E-state index contributed by atoms with van der Waals surface area (Å²) in [5.41, 5.74) is 6.67. The van der Waals surface area contributed by atoms with Gasteiger partial charge >= 0.3 is 0 Å². The fourth-order valence-electron chi connectivity index (χ4n) is 3.28. The molecule has 3 N–H and O–H groups in total. The number of amides is 2. The van der Waals surface area contributed by atoms with Gasteiger partial charge in [-0.1, -0.05) is 17.7 Å². The summed E-state index contributed by atoms with van der Waals surface area (Å²) in [4.78, 5) is 25.7. The third-order valence-corrected chi connectivity index (χ3v) is 5.11. The molecule has 1 atom stereocenters. The molecule has 1 heterocycles. The molecule has 0 aliphatic carbocycles. The van der Waals surface area contributed by atoms with E-state index in [9.17, 15) is 14.0 Å². The molecule has 27 heavy (non-hydrogen) atoms. The Balaban J connectivity index is 1.61. The number of carbonyl (C=O) groups is 2. The SMILES string of the molecule is NC(=O)c1ccc(NC(=O)C2CCCN(Cc3c(F)cccc3Cl)C2)cc1. The molecule has 1 unspecified atom stereocenters. The van der Waals surface area contributed by atoms with Gasteiger partial charge in [0.2, 0.25) is 11.8 Å². The van der Waals surface area contributed by atoms with Crippen LogP contribution in [0.4, 0.5) is 10.1 Å². The highest BCUT2D eigenvalue weighted by molar-refractivity contribution is 6.31. The van der Waals surface area contributed by atoms with E-state index in [1.165, 1.54) is 6.07 Å². The van der Waals surface area contributed by atoms with Crippen molar-refractivity contribution < 1.29 is 14.0 Å². The quantitative estimate of drug-likeness (QED) is 0.822. The van der Waals surface area contributed by atoms with E-state index in [0.29, 0.717) is 34.9 Å². The van der Waals surface area contributed by atoms with Gasteiger partial charge in [-0.2, -0.15) is 0 Å². The predicted octanol–water partition coefficient (Wildman–Crippen LogP) is 3.43. The second-order valence-electron chi connectivity index (χ2n) is 6.71. The Labute approximate surface area is 162 Å². The van der Waals surface area contributed by atoms with Gasteiger partial charge in [0.15, 0.2) is 0 Å². The molecule has 0 bridgehead atoms. The number of nitrogens with one attached hydrogen (secondary N) is 1. The second-order valence-corrected chi connectivity index (χ2v) is 7.11. The van der Waals surface area contributed by atoms with E-state index < -0.39 is 5.91 Å². The standard InChI is InChI=1S/C20H21ClFN3O2/c21-17-4-1-5-18(22)16(17)12-25-10-2-3-14(11-25)20(27)24-15-8-6-13(7-9-15)19(23)26/h1,4-9,14H,2-3,10-12H2,(H2,23,26)(H,24,27). The van der Waals surface area contributed by atoms with Gasteiger partial charge in [0, 0.05) is 34.9 Å². The van der Waals surface area contributed by atoms with Crippen molar-refractivity contribution in [3.05, 3.63) is 64.4 Å². The molecule has 1 saturated heterocycles. The maximum Gasteiger partial charge on any atom is 0.248 e. The van der Waals surface area contributed by atoms with Gasteiger partial charge in [0.25, 0.3) is 0 Å². The number of rotatable bonds is 5. The van der Waals surface area contributed by atoms with Crippen molar-refractivity contribution in [3.8, 4) is 0 Å². The highest BCUT2D eigenvalue weighted by Crippen LogP contribution is 2.25. The van der Waals surface area contributed by atoms with Gasteiger partial charge in [-0.25, -0.2) is 4.39 Å². The topological polar surface area (TPSA) is 75.4 Å². The minimum Gasteiger partial charge on any atom is -0.366 e. The van der Waals surface area contributed by atoms with Crippen molar-refractivity contribution in [2.24, 2.45) is 11.7 Å². The van der Waals surface area contributed by atoms with Crippen LogP contribution >= 0.6 is 11.6 Å². The number of hydrogen-bond acceptors (Lipinski definition) is 3. The molecule has 0 saturated carbocycles. The van der Waals surface area contributed by atoms with Crippen LogP contribution in [0.3, 0.4) is 0 Å². The summed E-state index contributed by atoms with van der Waals surface area (Å²) in [5.74, 6) is -1.13. The molecule has 2 aromatic rings. The summed E-state index contributed by atoms with van der Waals surface area (Å²) in [6, 6.07) is 11.1. The third kappa shape index (κ3) is 4.84. The molecule has 0 radical (unpaired) electrons. The number of nitrogens with two attached hydrogens (primary N) is 1. The molecule has 0 spiro atoms. The number of hydrogen-bond donors (Lipinski definition) is 2. The fraction of sp³-hybridized carbons (Fsp3) is 0.300. The molecule has 142 valence electrons. The summed E-state index contributed by atoms with van der Waals surface area (Å²) >= 11 is 6.11. The number of nitrogens with zero attached hydrogens (tertiary/aromatic N) is 1. The average molecular weight is 390 g/mol. The van der Waals surface area contributed by atoms with E-state index in [0.717, 1.165) is 19.4 Å². The number of piperidine rings is 1. The number of likely N-dealkylation sites (tertiary alicyclic amines) is 1. The first-order valence-corrected chi connectivity index (χ1v) is 9.18. The fourth-order valence-corrected chi connectivity index (χ4v) is 3.51. The molecule has 7 heteroatoms. The number of benzene rings is 2. The van der Waals surface area contributed by atoms with Crippen molar-refractivity contribution in [1.29, 1.82) is 0 Å². The van der Waals surface area contributed by atoms with Gasteiger partial charge in [-0.15, -0.1) is 0 Å². The Morgan fingerprint density at radius 1 is 1.22 bits per heavy atom. The lowest BCUT2D eigenvalue weighted by atomic mass is 9.96. The predicted molar refractivity (Wildman–Crippen MR) is 103 cm³/mol. The first-order chi connectivity index (χ1) is 12.9. The minimum absolute atomic E-state index is 0.0915. The monoisotopic (exact) mass is 389 g/mol. The summed E-state index contributed by atoms with van der Waals surface area (Å²) in [7, 11) is 0. The summed E-state index contributed by atoms with van der Waals surface area (Å²) in [5, 5.41) is 3.27. The zero-order chi connectivity index (χ0) is 19.4. The molecule has 5 nitrogen and oxygen atoms in total. The Morgan fingerprint density at radius 3 is 2.63 bits per heavy atom. The highest BCUT2D eigenvalue weighted by Gasteiger charge is 2.26. The lowest BCUT2D eigenvalue weighted by Gasteiger charge is -2.32. The van der Waals surface area contributed by atoms with Crippen LogP contribution in [0.5, 0.6) is 0 Å². The first-order valence-electron chi connectivity index (χ1n) is 8.80. The van der Waals surface area contributed by atoms with Gasteiger partial charge in [-0.05, 0) is 55.8 Å². The minimum atomic E-state index is -0.511. The second kappa shape index (κ2) is 8.50. The van der Waals surface area contributed by atoms with Crippen LogP contribution in [0.2, 0.25) is 5.02 Å². The molecular weight excluding hydrogens is 369 g/mol. The third-order valence-electron chi connectivity index (χ3n) is 4.76. The van der Waals surface area contributed by atoms with E-state index in [-0.39, 0.29) is 17.6 Å². The zero-order valence-corrected chi connectivity index (χ0v) is 15.5. The Morgan fingerprint density at radius 2 is 1.96 bits per heavy atom. The Kier molecular flexibility index (Phi) is 6.08. The number of primary amides is 1. The van der Waals surface area contributed by atoms with Crippen LogP contribution in [0.15, 0.2) is 42.5 Å². The van der Waals surface area contributed by atoms with Crippen molar-refractivity contribution in [2.45, 2.75) is 19.4 Å². The largest absolute Gasteiger partial charge is 0.366 e. The molecule has 1 fully saturated rings. The smallest absolute Gasteiger partial charge is 0.248 e. The highest BCUT2D eigenvalue weighted by atomic mass is 35.5. The summed E-state index contributed by atoms with van der Waals surface area (Å²) in [6.45, 7) is 1.71. The Hall–Kier alpha value is -2.44. The van der Waals surface area contributed by atoms with Gasteiger partial charge in [0.1, 0.15) is 5.82 Å². The van der Waals surface area contributed by atoms with Crippen molar-refractivity contribution >= 4 is 29.1 Å². The van der Waals surface area contributed by atoms with Crippen LogP contribution in [0.25, 0.3) is 0 Å². The van der Waals surface area contributed by atoms with E-state index in [1.54, 1.807) is 36.4 Å². The van der Waals surface area contributed by atoms with Crippen molar-refractivity contribution in [2.75, 3.05) is 18.4 Å². The van der Waals surface area contributed by atoms with E-state index in [2.05, 4.69) is 5.32 Å². The number of carbonyl (C=O) groups excluding carboxylic acids is 2. The lowest BCUT2D eigenvalue weighted by molar-refractivity contribution is -0.121. The van der Waals surface area contributed by atoms with Crippen molar-refractivity contribution in [3.63, 3.8) is 0 Å². The van der Waals surface area contributed by atoms with Gasteiger partial charge < -0.3 is 11.1 Å². The molecule has 0 aromatic heterocycles. The van der Waals surface area contributed by atoms with Crippen LogP contribution in [-0.4, -0.2) is 29.8 Å². The normalized spacial score (nSPS) is 17.5. The average Bonchev–Trinajstić information content (AvgIpc) is 2.65. The summed E-state index contributed by atoms with van der Waals surface area (Å²) < 4.78 is 14.0. The maximum atomic E-state index is 14.0. The molecule has 1 aliphatic rings. The molecule has 2 aromatic carbocycles. The van der Waals surface area contributed by atoms with E-state index in [4.69, 9.17) is 17.3 Å². The molecule has 2 amide bonds. The van der Waals surface area contributed by atoms with Crippen LogP contribution in [-0.2, 0) is 11.3 Å². The number of anilines is 1. The van der Waals surface area contributed by atoms with Crippen molar-refractivity contribution in [1.82, 2.24) is 4.90 Å². The van der Waals surface area contributed by atoms with Crippen LogP contribution in [0, 0.1) is 11.7 Å². The van der Waals surface area contributed by atoms with Crippen LogP contribution < -0.4 is 11.1 Å². The molecular formula is C20H21ClFN3O2. The maximum absolute atomic E-state index is 14.0. The molecule has 3 rings (SSSR count). The van der Waals surface area contributed by atoms with Gasteiger partial charge in [-0.3, -0.25) is 14.5 Å².